The molecule has 0 aromatic heterocycles. The van der Waals surface area contributed by atoms with Gasteiger partial charge in [-0.15, -0.1) is 0 Å². The minimum Gasteiger partial charge on any atom is -0.393 e. The highest BCUT2D eigenvalue weighted by molar-refractivity contribution is 5.04. The van der Waals surface area contributed by atoms with Crippen molar-refractivity contribution in [2.24, 2.45) is 0 Å². The highest BCUT2D eigenvalue weighted by Gasteiger charge is 2.51. The van der Waals surface area contributed by atoms with Gasteiger partial charge in [0.1, 0.15) is 17.8 Å². The molecule has 5 N–H and O–H groups in total. The van der Waals surface area contributed by atoms with Crippen molar-refractivity contribution in [1.29, 1.82) is 0 Å². The molecule has 0 amide bonds. The quantitative estimate of drug-likeness (QED) is 0.307. The second-order valence-electron chi connectivity index (χ2n) is 4.07. The fourth-order valence-corrected chi connectivity index (χ4v) is 2.22. The van der Waals surface area contributed by atoms with E-state index in [1.54, 1.807) is 0 Å². The fraction of sp³-hybridized carbons (Fsp3) is 1.00. The Bertz CT molecular complexity index is 227. The van der Waals surface area contributed by atoms with E-state index in [0.29, 0.717) is 6.54 Å². The number of hydrogen-bond acceptors (Lipinski definition) is 6. The van der Waals surface area contributed by atoms with Gasteiger partial charge >= 0.3 is 0 Å². The van der Waals surface area contributed by atoms with Crippen LogP contribution < -0.4 is 5.32 Å². The molecule has 4 atom stereocenters. The first-order valence-corrected chi connectivity index (χ1v) is 4.75. The van der Waals surface area contributed by atoms with Crippen LogP contribution in [0.15, 0.2) is 0 Å². The normalized spacial score (nSPS) is 49.3. The number of rotatable bonds is 1. The van der Waals surface area contributed by atoms with Crippen molar-refractivity contribution in [2.75, 3.05) is 26.2 Å². The third kappa shape index (κ3) is 1.35. The van der Waals surface area contributed by atoms with Gasteiger partial charge in [-0.25, -0.2) is 0 Å². The minimum absolute atomic E-state index is 0.180. The standard InChI is InChI=1S/C8H16N2O4/c11-4-8(14)3-10-2-1-9-7(10)5(12)6(8)13/h5-7,9,11-14H,1-4H2/t5-,6-,7?,8-/m1/s1. The first-order valence-electron chi connectivity index (χ1n) is 4.75. The number of aliphatic hydroxyl groups excluding tert-OH is 3. The molecule has 0 saturated carbocycles. The van der Waals surface area contributed by atoms with Crippen molar-refractivity contribution < 1.29 is 20.4 Å². The number of piperidine rings is 1. The van der Waals surface area contributed by atoms with Crippen molar-refractivity contribution in [3.63, 3.8) is 0 Å². The summed E-state index contributed by atoms with van der Waals surface area (Å²) in [5.74, 6) is 0. The third-order valence-electron chi connectivity index (χ3n) is 3.09. The van der Waals surface area contributed by atoms with Gasteiger partial charge < -0.3 is 20.4 Å². The Morgan fingerprint density at radius 3 is 2.79 bits per heavy atom. The van der Waals surface area contributed by atoms with Gasteiger partial charge in [-0.1, -0.05) is 0 Å². The molecule has 14 heavy (non-hydrogen) atoms. The van der Waals surface area contributed by atoms with E-state index in [-0.39, 0.29) is 12.7 Å². The van der Waals surface area contributed by atoms with Gasteiger partial charge in [0.2, 0.25) is 0 Å². The summed E-state index contributed by atoms with van der Waals surface area (Å²) in [7, 11) is 0. The molecule has 0 aromatic rings. The maximum absolute atomic E-state index is 9.84. The zero-order chi connectivity index (χ0) is 10.3. The molecule has 6 nitrogen and oxygen atoms in total. The molecule has 1 unspecified atom stereocenters. The Balaban J connectivity index is 2.19. The zero-order valence-electron chi connectivity index (χ0n) is 7.80. The molecular weight excluding hydrogens is 188 g/mol. The van der Waals surface area contributed by atoms with E-state index in [1.807, 2.05) is 4.90 Å². The van der Waals surface area contributed by atoms with E-state index in [4.69, 9.17) is 5.11 Å². The lowest BCUT2D eigenvalue weighted by Crippen LogP contribution is -2.69. The lowest BCUT2D eigenvalue weighted by atomic mass is 9.87. The molecule has 2 aliphatic rings. The molecule has 0 spiro atoms. The number of nitrogens with one attached hydrogen (secondary N) is 1. The van der Waals surface area contributed by atoms with Crippen molar-refractivity contribution in [3.05, 3.63) is 0 Å². The predicted octanol–water partition coefficient (Wildman–Crippen LogP) is -3.32. The van der Waals surface area contributed by atoms with Gasteiger partial charge in [0.15, 0.2) is 0 Å². The maximum atomic E-state index is 9.84. The summed E-state index contributed by atoms with van der Waals surface area (Å²) < 4.78 is 0. The lowest BCUT2D eigenvalue weighted by Gasteiger charge is -2.46. The summed E-state index contributed by atoms with van der Waals surface area (Å²) in [6.07, 6.45) is -2.68. The highest BCUT2D eigenvalue weighted by Crippen LogP contribution is 2.26. The van der Waals surface area contributed by atoms with Crippen LogP contribution in [0.4, 0.5) is 0 Å². The predicted molar refractivity (Wildman–Crippen MR) is 47.4 cm³/mol. The first kappa shape index (κ1) is 10.3. The Morgan fingerprint density at radius 2 is 2.14 bits per heavy atom. The van der Waals surface area contributed by atoms with Crippen LogP contribution in [-0.2, 0) is 0 Å². The molecule has 2 heterocycles. The highest BCUT2D eigenvalue weighted by atomic mass is 16.4. The lowest BCUT2D eigenvalue weighted by molar-refractivity contribution is -0.200. The summed E-state index contributed by atoms with van der Waals surface area (Å²) in [6.45, 7) is 1.06. The molecule has 2 rings (SSSR count). The second-order valence-corrected chi connectivity index (χ2v) is 4.07. The van der Waals surface area contributed by atoms with Gasteiger partial charge in [0.25, 0.3) is 0 Å². The summed E-state index contributed by atoms with van der Waals surface area (Å²) in [4.78, 5) is 1.83. The Kier molecular flexibility index (Phi) is 2.50. The number of hydrogen-bond donors (Lipinski definition) is 5. The van der Waals surface area contributed by atoms with Crippen LogP contribution in [0.5, 0.6) is 0 Å². The second kappa shape index (κ2) is 3.41. The summed E-state index contributed by atoms with van der Waals surface area (Å²) in [6, 6.07) is 0. The Labute approximate surface area is 81.8 Å². The van der Waals surface area contributed by atoms with Gasteiger partial charge in [-0.3, -0.25) is 10.2 Å². The topological polar surface area (TPSA) is 96.2 Å². The molecule has 2 fully saturated rings. The van der Waals surface area contributed by atoms with Gasteiger partial charge in [0.05, 0.1) is 12.8 Å². The van der Waals surface area contributed by atoms with E-state index in [1.165, 1.54) is 0 Å². The molecule has 0 bridgehead atoms. The van der Waals surface area contributed by atoms with Crippen LogP contribution in [0.2, 0.25) is 0 Å². The average Bonchev–Trinajstić information content (AvgIpc) is 2.62. The molecule has 0 aromatic carbocycles. The van der Waals surface area contributed by atoms with Crippen LogP contribution in [0.3, 0.4) is 0 Å². The Morgan fingerprint density at radius 1 is 1.43 bits per heavy atom. The molecule has 0 aliphatic carbocycles. The van der Waals surface area contributed by atoms with Crippen molar-refractivity contribution >= 4 is 0 Å². The Hall–Kier alpha value is -0.240. The molecule has 2 saturated heterocycles. The summed E-state index contributed by atoms with van der Waals surface area (Å²) in [5.41, 5.74) is -1.61. The van der Waals surface area contributed by atoms with E-state index >= 15 is 0 Å². The first-order chi connectivity index (χ1) is 6.58. The average molecular weight is 204 g/mol. The number of fused-ring (bicyclic) bond motifs is 1. The van der Waals surface area contributed by atoms with E-state index in [0.717, 1.165) is 6.54 Å². The minimum atomic E-state index is -1.61. The van der Waals surface area contributed by atoms with E-state index in [9.17, 15) is 15.3 Å². The van der Waals surface area contributed by atoms with Crippen LogP contribution in [0.1, 0.15) is 0 Å². The van der Waals surface area contributed by atoms with Crippen molar-refractivity contribution in [1.82, 2.24) is 10.2 Å². The third-order valence-corrected chi connectivity index (χ3v) is 3.09. The van der Waals surface area contributed by atoms with Gasteiger partial charge in [-0.05, 0) is 0 Å². The summed E-state index contributed by atoms with van der Waals surface area (Å²) >= 11 is 0. The smallest absolute Gasteiger partial charge is 0.129 e. The van der Waals surface area contributed by atoms with Crippen LogP contribution in [-0.4, -0.2) is 75.5 Å². The van der Waals surface area contributed by atoms with Gasteiger partial charge in [0, 0.05) is 19.6 Å². The fourth-order valence-electron chi connectivity index (χ4n) is 2.22. The number of nitrogens with zero attached hydrogens (tertiary/aromatic N) is 1. The van der Waals surface area contributed by atoms with Crippen molar-refractivity contribution in [2.45, 2.75) is 24.0 Å². The molecule has 0 radical (unpaired) electrons. The van der Waals surface area contributed by atoms with E-state index in [2.05, 4.69) is 5.32 Å². The van der Waals surface area contributed by atoms with Crippen LogP contribution in [0, 0.1) is 0 Å². The van der Waals surface area contributed by atoms with Gasteiger partial charge in [-0.2, -0.15) is 0 Å². The maximum Gasteiger partial charge on any atom is 0.129 e. The molecular formula is C8H16N2O4. The monoisotopic (exact) mass is 204 g/mol. The molecule has 82 valence electrons. The zero-order valence-corrected chi connectivity index (χ0v) is 7.80. The molecule has 6 heteroatoms. The SMILES string of the molecule is OC[C@]1(O)CN2CCNC2[C@H](O)[C@H]1O. The molecule has 2 aliphatic heterocycles. The largest absolute Gasteiger partial charge is 0.393 e. The summed E-state index contributed by atoms with van der Waals surface area (Å²) in [5, 5.41) is 41.2. The van der Waals surface area contributed by atoms with E-state index < -0.39 is 24.4 Å². The van der Waals surface area contributed by atoms with Crippen molar-refractivity contribution in [3.8, 4) is 0 Å². The van der Waals surface area contributed by atoms with Crippen LogP contribution >= 0.6 is 0 Å². The van der Waals surface area contributed by atoms with Crippen LogP contribution in [0.25, 0.3) is 0 Å². The number of aliphatic hydroxyl groups is 4.